The maximum atomic E-state index is 4.28. The number of aromatic nitrogens is 1. The quantitative estimate of drug-likeness (QED) is 0.746. The van der Waals surface area contributed by atoms with Crippen LogP contribution < -0.4 is 5.32 Å². The second-order valence-electron chi connectivity index (χ2n) is 5.10. The molecule has 21 heavy (non-hydrogen) atoms. The van der Waals surface area contributed by atoms with Gasteiger partial charge >= 0.3 is 0 Å². The Bertz CT molecular complexity index is 733. The molecular weight excluding hydrogens is 276 g/mol. The summed E-state index contributed by atoms with van der Waals surface area (Å²) in [5, 5.41) is 7.15. The van der Waals surface area contributed by atoms with Crippen LogP contribution in [0, 0.1) is 0 Å². The molecule has 0 saturated heterocycles. The number of hydrogen-bond acceptors (Lipinski definition) is 3. The predicted octanol–water partition coefficient (Wildman–Crippen LogP) is 4.56. The van der Waals surface area contributed by atoms with Gasteiger partial charge in [-0.25, -0.2) is 0 Å². The first-order valence-electron chi connectivity index (χ1n) is 7.47. The minimum Gasteiger partial charge on any atom is -0.306 e. The number of rotatable bonds is 5. The van der Waals surface area contributed by atoms with E-state index in [1.54, 1.807) is 0 Å². The monoisotopic (exact) mass is 296 g/mol. The molecule has 0 amide bonds. The van der Waals surface area contributed by atoms with Gasteiger partial charge in [0.1, 0.15) is 0 Å². The van der Waals surface area contributed by atoms with Crippen LogP contribution in [-0.2, 0) is 6.42 Å². The number of hydrogen-bond donors (Lipinski definition) is 1. The Morgan fingerprint density at radius 1 is 1.14 bits per heavy atom. The summed E-state index contributed by atoms with van der Waals surface area (Å²) in [5.74, 6) is 0. The van der Waals surface area contributed by atoms with Crippen molar-refractivity contribution in [2.45, 2.75) is 26.3 Å². The van der Waals surface area contributed by atoms with Gasteiger partial charge in [-0.3, -0.25) is 4.98 Å². The molecule has 3 rings (SSSR count). The van der Waals surface area contributed by atoms with Gasteiger partial charge in [0.15, 0.2) is 0 Å². The summed E-state index contributed by atoms with van der Waals surface area (Å²) in [6.07, 6.45) is 4.90. The summed E-state index contributed by atoms with van der Waals surface area (Å²) in [6.45, 7) is 5.29. The fourth-order valence-corrected chi connectivity index (χ4v) is 3.79. The lowest BCUT2D eigenvalue weighted by molar-refractivity contribution is 0.629. The van der Waals surface area contributed by atoms with E-state index in [0.29, 0.717) is 0 Å². The number of pyridine rings is 1. The standard InChI is InChI=1S/C18H20N2S/c1-3-13-12-19-10-8-15(13)17(20-4-2)16-7-5-6-14-9-11-21-18(14)16/h5-12,17,20H,3-4H2,1-2H3. The van der Waals surface area contributed by atoms with Crippen molar-refractivity contribution in [2.75, 3.05) is 6.54 Å². The van der Waals surface area contributed by atoms with Gasteiger partial charge in [-0.15, -0.1) is 11.3 Å². The molecule has 0 aliphatic carbocycles. The molecule has 2 aromatic heterocycles. The van der Waals surface area contributed by atoms with Crippen molar-refractivity contribution in [3.63, 3.8) is 0 Å². The highest BCUT2D eigenvalue weighted by atomic mass is 32.1. The molecule has 1 atom stereocenters. The normalized spacial score (nSPS) is 12.7. The van der Waals surface area contributed by atoms with E-state index in [1.807, 2.05) is 23.7 Å². The van der Waals surface area contributed by atoms with Crippen LogP contribution in [-0.4, -0.2) is 11.5 Å². The fraction of sp³-hybridized carbons (Fsp3) is 0.278. The van der Waals surface area contributed by atoms with Crippen molar-refractivity contribution in [1.29, 1.82) is 0 Å². The van der Waals surface area contributed by atoms with Gasteiger partial charge in [0.25, 0.3) is 0 Å². The lowest BCUT2D eigenvalue weighted by atomic mass is 9.94. The fourth-order valence-electron chi connectivity index (χ4n) is 2.85. The summed E-state index contributed by atoms with van der Waals surface area (Å²) < 4.78 is 1.38. The molecule has 1 N–H and O–H groups in total. The second kappa shape index (κ2) is 6.37. The Hall–Kier alpha value is -1.71. The van der Waals surface area contributed by atoms with E-state index < -0.39 is 0 Å². The average molecular weight is 296 g/mol. The van der Waals surface area contributed by atoms with E-state index in [4.69, 9.17) is 0 Å². The first kappa shape index (κ1) is 14.2. The summed E-state index contributed by atoms with van der Waals surface area (Å²) >= 11 is 1.82. The molecule has 1 aromatic carbocycles. The van der Waals surface area contributed by atoms with Crippen molar-refractivity contribution >= 4 is 21.4 Å². The third-order valence-corrected chi connectivity index (χ3v) is 4.84. The summed E-state index contributed by atoms with van der Waals surface area (Å²) in [7, 11) is 0. The zero-order valence-electron chi connectivity index (χ0n) is 12.5. The predicted molar refractivity (Wildman–Crippen MR) is 91.0 cm³/mol. The lowest BCUT2D eigenvalue weighted by Crippen LogP contribution is -2.23. The highest BCUT2D eigenvalue weighted by molar-refractivity contribution is 7.17. The van der Waals surface area contributed by atoms with Crippen molar-refractivity contribution in [3.8, 4) is 0 Å². The van der Waals surface area contributed by atoms with Crippen LogP contribution in [0.5, 0.6) is 0 Å². The molecule has 0 bridgehead atoms. The zero-order chi connectivity index (χ0) is 14.7. The maximum absolute atomic E-state index is 4.28. The van der Waals surface area contributed by atoms with E-state index in [-0.39, 0.29) is 6.04 Å². The van der Waals surface area contributed by atoms with Gasteiger partial charge in [0.05, 0.1) is 6.04 Å². The lowest BCUT2D eigenvalue weighted by Gasteiger charge is -2.22. The molecule has 0 saturated carbocycles. The minimum atomic E-state index is 0.232. The smallest absolute Gasteiger partial charge is 0.0594 e. The van der Waals surface area contributed by atoms with Crippen LogP contribution in [0.4, 0.5) is 0 Å². The maximum Gasteiger partial charge on any atom is 0.0594 e. The number of fused-ring (bicyclic) bond motifs is 1. The molecule has 0 fully saturated rings. The van der Waals surface area contributed by atoms with Crippen molar-refractivity contribution < 1.29 is 0 Å². The Morgan fingerprint density at radius 2 is 2.05 bits per heavy atom. The van der Waals surface area contributed by atoms with Crippen molar-refractivity contribution in [1.82, 2.24) is 10.3 Å². The zero-order valence-corrected chi connectivity index (χ0v) is 13.3. The number of thiophene rings is 1. The van der Waals surface area contributed by atoms with E-state index >= 15 is 0 Å². The first-order chi connectivity index (χ1) is 10.3. The molecule has 0 aliphatic rings. The minimum absolute atomic E-state index is 0.232. The molecule has 3 heteroatoms. The van der Waals surface area contributed by atoms with Crippen LogP contribution in [0.1, 0.15) is 36.6 Å². The van der Waals surface area contributed by atoms with E-state index in [2.05, 4.69) is 59.9 Å². The molecule has 108 valence electrons. The Balaban J connectivity index is 2.16. The number of aryl methyl sites for hydroxylation is 1. The summed E-state index contributed by atoms with van der Waals surface area (Å²) in [4.78, 5) is 4.28. The average Bonchev–Trinajstić information content (AvgIpc) is 3.01. The number of nitrogens with one attached hydrogen (secondary N) is 1. The summed E-state index contributed by atoms with van der Waals surface area (Å²) in [6, 6.07) is 11.2. The molecule has 0 spiro atoms. The van der Waals surface area contributed by atoms with Gasteiger partial charge in [-0.2, -0.15) is 0 Å². The third-order valence-electron chi connectivity index (χ3n) is 3.86. The van der Waals surface area contributed by atoms with Gasteiger partial charge in [0, 0.05) is 17.1 Å². The second-order valence-corrected chi connectivity index (χ2v) is 6.02. The molecule has 0 aliphatic heterocycles. The Morgan fingerprint density at radius 3 is 2.86 bits per heavy atom. The van der Waals surface area contributed by atoms with Gasteiger partial charge < -0.3 is 5.32 Å². The van der Waals surface area contributed by atoms with Crippen LogP contribution in [0.3, 0.4) is 0 Å². The highest BCUT2D eigenvalue weighted by Gasteiger charge is 2.18. The third kappa shape index (κ3) is 2.71. The number of nitrogens with zero attached hydrogens (tertiary/aromatic N) is 1. The molecule has 2 heterocycles. The molecule has 0 radical (unpaired) electrons. The SMILES string of the molecule is CCNC(c1ccncc1CC)c1cccc2ccsc12. The van der Waals surface area contributed by atoms with Crippen LogP contribution in [0.15, 0.2) is 48.1 Å². The van der Waals surface area contributed by atoms with E-state index in [9.17, 15) is 0 Å². The topological polar surface area (TPSA) is 24.9 Å². The Kier molecular flexibility index (Phi) is 4.32. The summed E-state index contributed by atoms with van der Waals surface area (Å²) in [5.41, 5.74) is 4.03. The molecular formula is C18H20N2S. The largest absolute Gasteiger partial charge is 0.306 e. The van der Waals surface area contributed by atoms with Crippen molar-refractivity contribution in [2.24, 2.45) is 0 Å². The molecule has 2 nitrogen and oxygen atoms in total. The van der Waals surface area contributed by atoms with Crippen LogP contribution in [0.25, 0.3) is 10.1 Å². The highest BCUT2D eigenvalue weighted by Crippen LogP contribution is 2.33. The van der Waals surface area contributed by atoms with Crippen molar-refractivity contribution in [3.05, 3.63) is 64.8 Å². The van der Waals surface area contributed by atoms with Gasteiger partial charge in [-0.05, 0) is 52.6 Å². The first-order valence-corrected chi connectivity index (χ1v) is 8.35. The molecule has 3 aromatic rings. The Labute approximate surface area is 129 Å². The van der Waals surface area contributed by atoms with Crippen LogP contribution >= 0.6 is 11.3 Å². The molecule has 1 unspecified atom stereocenters. The van der Waals surface area contributed by atoms with Gasteiger partial charge in [-0.1, -0.05) is 32.0 Å². The van der Waals surface area contributed by atoms with E-state index in [1.165, 1.54) is 26.8 Å². The van der Waals surface area contributed by atoms with E-state index in [0.717, 1.165) is 13.0 Å². The van der Waals surface area contributed by atoms with Crippen LogP contribution in [0.2, 0.25) is 0 Å². The number of benzene rings is 1. The van der Waals surface area contributed by atoms with Gasteiger partial charge in [0.2, 0.25) is 0 Å².